The van der Waals surface area contributed by atoms with E-state index in [1.807, 2.05) is 6.07 Å². The third-order valence-corrected chi connectivity index (χ3v) is 4.85. The van der Waals surface area contributed by atoms with E-state index in [1.165, 1.54) is 38.2 Å². The van der Waals surface area contributed by atoms with Crippen LogP contribution < -0.4 is 25.2 Å². The molecule has 8 nitrogen and oxygen atoms in total. The number of ether oxygens (including phenoxy) is 3. The van der Waals surface area contributed by atoms with Gasteiger partial charge in [0.1, 0.15) is 11.3 Å². The van der Waals surface area contributed by atoms with E-state index >= 15 is 0 Å². The smallest absolute Gasteiger partial charge is 0.276 e. The number of benzene rings is 2. The van der Waals surface area contributed by atoms with E-state index in [1.54, 1.807) is 42.6 Å². The standard InChI is InChI=1S/C23H22ClN3O5/c1-30-19-12-21(32-3)20(31-2)11-16(19)13-25-26-22(28)18-8-5-9-27(23(18)29)14-15-6-4-7-17(24)10-15/h4-13H,14H2,1-3H3,(H,26,28)/b25-13-. The molecule has 0 saturated heterocycles. The zero-order chi connectivity index (χ0) is 23.1. The molecule has 3 rings (SSSR count). The van der Waals surface area contributed by atoms with Crippen LogP contribution in [0.1, 0.15) is 21.5 Å². The Labute approximate surface area is 190 Å². The van der Waals surface area contributed by atoms with E-state index in [0.29, 0.717) is 27.8 Å². The first-order valence-corrected chi connectivity index (χ1v) is 9.92. The zero-order valence-corrected chi connectivity index (χ0v) is 18.6. The highest BCUT2D eigenvalue weighted by atomic mass is 35.5. The second-order valence-electron chi connectivity index (χ2n) is 6.63. The van der Waals surface area contributed by atoms with Gasteiger partial charge in [-0.05, 0) is 35.9 Å². The molecule has 9 heteroatoms. The minimum Gasteiger partial charge on any atom is -0.496 e. The van der Waals surface area contributed by atoms with Crippen molar-refractivity contribution < 1.29 is 19.0 Å². The first-order valence-electron chi connectivity index (χ1n) is 9.54. The van der Waals surface area contributed by atoms with Crippen LogP contribution in [-0.4, -0.2) is 38.0 Å². The molecule has 1 aromatic heterocycles. The number of carbonyl (C=O) groups is 1. The number of amides is 1. The van der Waals surface area contributed by atoms with Gasteiger partial charge in [0.05, 0.1) is 34.1 Å². The van der Waals surface area contributed by atoms with Gasteiger partial charge in [-0.25, -0.2) is 5.43 Å². The monoisotopic (exact) mass is 455 g/mol. The molecule has 3 aromatic rings. The number of aromatic nitrogens is 1. The molecule has 0 aliphatic rings. The summed E-state index contributed by atoms with van der Waals surface area (Å²) in [5.41, 5.74) is 3.29. The average molecular weight is 456 g/mol. The van der Waals surface area contributed by atoms with Crippen molar-refractivity contribution in [2.45, 2.75) is 6.54 Å². The number of hydrogen-bond donors (Lipinski definition) is 1. The SMILES string of the molecule is COc1cc(OC)c(OC)cc1/C=N\NC(=O)c1cccn(Cc2cccc(Cl)c2)c1=O. The third-order valence-electron chi connectivity index (χ3n) is 4.61. The average Bonchev–Trinajstić information content (AvgIpc) is 2.80. The van der Waals surface area contributed by atoms with Crippen LogP contribution in [-0.2, 0) is 6.54 Å². The molecule has 0 fully saturated rings. The summed E-state index contributed by atoms with van der Waals surface area (Å²) in [4.78, 5) is 25.3. The Morgan fingerprint density at radius 2 is 1.75 bits per heavy atom. The molecule has 1 amide bonds. The van der Waals surface area contributed by atoms with E-state index in [4.69, 9.17) is 25.8 Å². The normalized spacial score (nSPS) is 10.8. The van der Waals surface area contributed by atoms with Crippen molar-refractivity contribution in [2.24, 2.45) is 5.10 Å². The van der Waals surface area contributed by atoms with Crippen molar-refractivity contribution in [1.82, 2.24) is 9.99 Å². The van der Waals surface area contributed by atoms with Gasteiger partial charge in [0.15, 0.2) is 11.5 Å². The maximum absolute atomic E-state index is 12.8. The Hall–Kier alpha value is -3.78. The highest BCUT2D eigenvalue weighted by Crippen LogP contribution is 2.33. The van der Waals surface area contributed by atoms with Gasteiger partial charge in [-0.2, -0.15) is 5.10 Å². The third kappa shape index (κ3) is 5.28. The van der Waals surface area contributed by atoms with Gasteiger partial charge >= 0.3 is 0 Å². The highest BCUT2D eigenvalue weighted by molar-refractivity contribution is 6.30. The van der Waals surface area contributed by atoms with Crippen molar-refractivity contribution in [3.63, 3.8) is 0 Å². The van der Waals surface area contributed by atoms with Crippen LogP contribution in [0, 0.1) is 0 Å². The summed E-state index contributed by atoms with van der Waals surface area (Å²) in [6.45, 7) is 0.284. The van der Waals surface area contributed by atoms with E-state index in [-0.39, 0.29) is 12.1 Å². The van der Waals surface area contributed by atoms with Crippen LogP contribution in [0.25, 0.3) is 0 Å². The molecule has 0 aliphatic carbocycles. The Bertz CT molecular complexity index is 1210. The maximum atomic E-state index is 12.8. The molecule has 2 aromatic carbocycles. The molecule has 0 aliphatic heterocycles. The summed E-state index contributed by atoms with van der Waals surface area (Å²) in [6, 6.07) is 13.6. The fraction of sp³-hybridized carbons (Fsp3) is 0.174. The Kier molecular flexibility index (Phi) is 7.51. The number of halogens is 1. The van der Waals surface area contributed by atoms with Crippen molar-refractivity contribution >= 4 is 23.7 Å². The summed E-state index contributed by atoms with van der Waals surface area (Å²) < 4.78 is 17.3. The van der Waals surface area contributed by atoms with Crippen LogP contribution in [0.4, 0.5) is 0 Å². The van der Waals surface area contributed by atoms with Crippen LogP contribution in [0.15, 0.2) is 64.6 Å². The molecule has 0 bridgehead atoms. The van der Waals surface area contributed by atoms with Gasteiger partial charge in [-0.15, -0.1) is 0 Å². The number of methoxy groups -OCH3 is 3. The molecule has 166 valence electrons. The molecule has 0 radical (unpaired) electrons. The Morgan fingerprint density at radius 1 is 1.03 bits per heavy atom. The first-order chi connectivity index (χ1) is 15.5. The number of nitrogens with zero attached hydrogens (tertiary/aromatic N) is 2. The Balaban J connectivity index is 1.78. The number of nitrogens with one attached hydrogen (secondary N) is 1. The first kappa shape index (κ1) is 22.9. The quantitative estimate of drug-likeness (QED) is 0.415. The molecule has 0 atom stereocenters. The lowest BCUT2D eigenvalue weighted by molar-refractivity contribution is 0.0953. The largest absolute Gasteiger partial charge is 0.496 e. The van der Waals surface area contributed by atoms with Crippen molar-refractivity contribution in [2.75, 3.05) is 21.3 Å². The lowest BCUT2D eigenvalue weighted by Gasteiger charge is -2.11. The lowest BCUT2D eigenvalue weighted by Crippen LogP contribution is -2.30. The number of hydrogen-bond acceptors (Lipinski definition) is 6. The minimum absolute atomic E-state index is 0.0362. The van der Waals surface area contributed by atoms with E-state index < -0.39 is 11.5 Å². The molecule has 0 spiro atoms. The van der Waals surface area contributed by atoms with E-state index in [0.717, 1.165) is 5.56 Å². The van der Waals surface area contributed by atoms with E-state index in [2.05, 4.69) is 10.5 Å². The predicted octanol–water partition coefficient (Wildman–Crippen LogP) is 3.34. The second kappa shape index (κ2) is 10.5. The summed E-state index contributed by atoms with van der Waals surface area (Å²) >= 11 is 6.01. The van der Waals surface area contributed by atoms with Crippen LogP contribution >= 0.6 is 11.6 Å². The molecular weight excluding hydrogens is 434 g/mol. The predicted molar refractivity (Wildman–Crippen MR) is 122 cm³/mol. The van der Waals surface area contributed by atoms with Gasteiger partial charge in [0.2, 0.25) is 0 Å². The Morgan fingerprint density at radius 3 is 2.44 bits per heavy atom. The van der Waals surface area contributed by atoms with Gasteiger partial charge in [0, 0.05) is 22.8 Å². The van der Waals surface area contributed by atoms with E-state index in [9.17, 15) is 9.59 Å². The summed E-state index contributed by atoms with van der Waals surface area (Å²) in [5.74, 6) is 0.818. The number of rotatable bonds is 8. The molecular formula is C23H22ClN3O5. The van der Waals surface area contributed by atoms with Crippen molar-refractivity contribution in [1.29, 1.82) is 0 Å². The van der Waals surface area contributed by atoms with Gasteiger partial charge in [0.25, 0.3) is 11.5 Å². The van der Waals surface area contributed by atoms with Crippen molar-refractivity contribution in [3.05, 3.63) is 86.8 Å². The number of carbonyl (C=O) groups excluding carboxylic acids is 1. The number of hydrazone groups is 1. The maximum Gasteiger partial charge on any atom is 0.276 e. The fourth-order valence-corrected chi connectivity index (χ4v) is 3.25. The van der Waals surface area contributed by atoms with Gasteiger partial charge in [-0.1, -0.05) is 23.7 Å². The van der Waals surface area contributed by atoms with Crippen LogP contribution in [0.2, 0.25) is 5.02 Å². The molecule has 32 heavy (non-hydrogen) atoms. The van der Waals surface area contributed by atoms with Gasteiger partial charge < -0.3 is 18.8 Å². The fourth-order valence-electron chi connectivity index (χ4n) is 3.04. The van der Waals surface area contributed by atoms with Crippen LogP contribution in [0.5, 0.6) is 17.2 Å². The summed E-state index contributed by atoms with van der Waals surface area (Å²) in [7, 11) is 4.53. The van der Waals surface area contributed by atoms with Gasteiger partial charge in [-0.3, -0.25) is 9.59 Å². The summed E-state index contributed by atoms with van der Waals surface area (Å²) in [6.07, 6.45) is 3.00. The van der Waals surface area contributed by atoms with Crippen molar-refractivity contribution in [3.8, 4) is 17.2 Å². The molecule has 1 heterocycles. The molecule has 0 unspecified atom stereocenters. The molecule has 1 N–H and O–H groups in total. The van der Waals surface area contributed by atoms with Crippen LogP contribution in [0.3, 0.4) is 0 Å². The lowest BCUT2D eigenvalue weighted by atomic mass is 10.2. The minimum atomic E-state index is -0.633. The summed E-state index contributed by atoms with van der Waals surface area (Å²) in [5, 5.41) is 4.53. The topological polar surface area (TPSA) is 91.2 Å². The number of pyridine rings is 1. The zero-order valence-electron chi connectivity index (χ0n) is 17.8. The highest BCUT2D eigenvalue weighted by Gasteiger charge is 2.13. The molecule has 0 saturated carbocycles. The second-order valence-corrected chi connectivity index (χ2v) is 7.07.